The van der Waals surface area contributed by atoms with Gasteiger partial charge in [0.1, 0.15) is 0 Å². The fourth-order valence-corrected chi connectivity index (χ4v) is 3.82. The number of nitrogens with zero attached hydrogens (tertiary/aromatic N) is 3. The highest BCUT2D eigenvalue weighted by Crippen LogP contribution is 2.20. The van der Waals surface area contributed by atoms with Gasteiger partial charge >= 0.3 is 0 Å². The normalized spacial score (nSPS) is 15.3. The highest BCUT2D eigenvalue weighted by Gasteiger charge is 2.23. The smallest absolute Gasteiger partial charge is 0.256 e. The van der Waals surface area contributed by atoms with Gasteiger partial charge in [-0.15, -0.1) is 0 Å². The number of amides is 1. The zero-order valence-corrected chi connectivity index (χ0v) is 16.6. The molecule has 3 aromatic rings. The summed E-state index contributed by atoms with van der Waals surface area (Å²) in [5.74, 6) is 0.650. The summed E-state index contributed by atoms with van der Waals surface area (Å²) in [5.41, 5.74) is 4.21. The van der Waals surface area contributed by atoms with Crippen molar-refractivity contribution >= 4 is 16.8 Å². The summed E-state index contributed by atoms with van der Waals surface area (Å²) in [5, 5.41) is 1.01. The van der Waals surface area contributed by atoms with E-state index in [2.05, 4.69) is 48.0 Å². The molecule has 4 rings (SSSR count). The Morgan fingerprint density at radius 3 is 2.39 bits per heavy atom. The Bertz CT molecular complexity index is 952. The number of aromatic nitrogens is 1. The van der Waals surface area contributed by atoms with E-state index in [1.165, 1.54) is 11.1 Å². The maximum atomic E-state index is 13.0. The van der Waals surface area contributed by atoms with E-state index in [1.807, 2.05) is 35.2 Å². The molecule has 1 saturated heterocycles. The van der Waals surface area contributed by atoms with Crippen molar-refractivity contribution in [1.82, 2.24) is 14.8 Å². The molecule has 0 saturated carbocycles. The molecule has 0 radical (unpaired) electrons. The Kier molecular flexibility index (Phi) is 5.40. The van der Waals surface area contributed by atoms with Gasteiger partial charge in [0.05, 0.1) is 11.1 Å². The molecule has 28 heavy (non-hydrogen) atoms. The van der Waals surface area contributed by atoms with Gasteiger partial charge in [-0.1, -0.05) is 56.3 Å². The van der Waals surface area contributed by atoms with Crippen LogP contribution in [0.25, 0.3) is 10.9 Å². The van der Waals surface area contributed by atoms with E-state index in [-0.39, 0.29) is 5.91 Å². The third kappa shape index (κ3) is 3.92. The molecule has 0 spiro atoms. The highest BCUT2D eigenvalue weighted by molar-refractivity contribution is 6.05. The molecule has 2 heterocycles. The topological polar surface area (TPSA) is 36.4 Å². The largest absolute Gasteiger partial charge is 0.336 e. The zero-order chi connectivity index (χ0) is 19.5. The second-order valence-corrected chi connectivity index (χ2v) is 7.85. The lowest BCUT2D eigenvalue weighted by Gasteiger charge is -2.35. The third-order valence-electron chi connectivity index (χ3n) is 5.58. The second-order valence-electron chi connectivity index (χ2n) is 7.85. The SMILES string of the molecule is CC(C)c1ccc(CN2CCN(C(=O)c3cccc4cccnc34)CC2)cc1. The van der Waals surface area contributed by atoms with Gasteiger partial charge in [0, 0.05) is 44.3 Å². The monoisotopic (exact) mass is 373 g/mol. The van der Waals surface area contributed by atoms with Crippen molar-refractivity contribution in [2.45, 2.75) is 26.3 Å². The van der Waals surface area contributed by atoms with Crippen molar-refractivity contribution in [2.24, 2.45) is 0 Å². The van der Waals surface area contributed by atoms with E-state index in [0.717, 1.165) is 43.6 Å². The fourth-order valence-electron chi connectivity index (χ4n) is 3.82. The molecule has 1 amide bonds. The quantitative estimate of drug-likeness (QED) is 0.683. The van der Waals surface area contributed by atoms with Crippen LogP contribution in [0.3, 0.4) is 0 Å². The van der Waals surface area contributed by atoms with Gasteiger partial charge < -0.3 is 4.90 Å². The van der Waals surface area contributed by atoms with Gasteiger partial charge in [0.15, 0.2) is 0 Å². The summed E-state index contributed by atoms with van der Waals surface area (Å²) in [7, 11) is 0. The van der Waals surface area contributed by atoms with Crippen molar-refractivity contribution in [3.63, 3.8) is 0 Å². The molecule has 4 heteroatoms. The molecule has 1 aromatic heterocycles. The van der Waals surface area contributed by atoms with Crippen LogP contribution in [0.1, 0.15) is 41.3 Å². The first kappa shape index (κ1) is 18.6. The Morgan fingerprint density at radius 1 is 0.964 bits per heavy atom. The van der Waals surface area contributed by atoms with Crippen LogP contribution in [0.15, 0.2) is 60.8 Å². The Morgan fingerprint density at radius 2 is 1.68 bits per heavy atom. The molecule has 2 aromatic carbocycles. The molecule has 0 N–H and O–H groups in total. The van der Waals surface area contributed by atoms with E-state index < -0.39 is 0 Å². The van der Waals surface area contributed by atoms with Crippen LogP contribution in [-0.2, 0) is 6.54 Å². The van der Waals surface area contributed by atoms with Crippen molar-refractivity contribution in [2.75, 3.05) is 26.2 Å². The van der Waals surface area contributed by atoms with Crippen LogP contribution >= 0.6 is 0 Å². The summed E-state index contributed by atoms with van der Waals surface area (Å²) in [6.45, 7) is 8.69. The molecule has 1 aliphatic heterocycles. The van der Waals surface area contributed by atoms with Crippen LogP contribution in [0, 0.1) is 0 Å². The summed E-state index contributed by atoms with van der Waals surface area (Å²) >= 11 is 0. The molecule has 0 atom stereocenters. The Labute approximate surface area is 166 Å². The second kappa shape index (κ2) is 8.11. The van der Waals surface area contributed by atoms with Gasteiger partial charge in [0.2, 0.25) is 0 Å². The first-order valence-corrected chi connectivity index (χ1v) is 10.1. The summed E-state index contributed by atoms with van der Waals surface area (Å²) < 4.78 is 0. The lowest BCUT2D eigenvalue weighted by atomic mass is 10.0. The molecule has 0 bridgehead atoms. The summed E-state index contributed by atoms with van der Waals surface area (Å²) in [4.78, 5) is 21.9. The third-order valence-corrected chi connectivity index (χ3v) is 5.58. The number of carbonyl (C=O) groups excluding carboxylic acids is 1. The molecule has 0 unspecified atom stereocenters. The molecule has 4 nitrogen and oxygen atoms in total. The van der Waals surface area contributed by atoms with Crippen LogP contribution in [0.4, 0.5) is 0 Å². The number of hydrogen-bond acceptors (Lipinski definition) is 3. The standard InChI is InChI=1S/C24H27N3O/c1-18(2)20-10-8-19(9-11-20)17-26-13-15-27(16-14-26)24(28)22-7-3-5-21-6-4-12-25-23(21)22/h3-12,18H,13-17H2,1-2H3. The van der Waals surface area contributed by atoms with Gasteiger partial charge in [-0.2, -0.15) is 0 Å². The van der Waals surface area contributed by atoms with Gasteiger partial charge in [-0.3, -0.25) is 14.7 Å². The fraction of sp³-hybridized carbons (Fsp3) is 0.333. The van der Waals surface area contributed by atoms with Gasteiger partial charge in [-0.25, -0.2) is 0 Å². The number of carbonyl (C=O) groups is 1. The van der Waals surface area contributed by atoms with Crippen LogP contribution in [-0.4, -0.2) is 46.9 Å². The van der Waals surface area contributed by atoms with E-state index in [1.54, 1.807) is 6.20 Å². The Hall–Kier alpha value is -2.72. The van der Waals surface area contributed by atoms with E-state index in [0.29, 0.717) is 11.5 Å². The predicted octanol–water partition coefficient (Wildman–Crippen LogP) is 4.32. The predicted molar refractivity (Wildman–Crippen MR) is 113 cm³/mol. The molecular weight excluding hydrogens is 346 g/mol. The van der Waals surface area contributed by atoms with Crippen LogP contribution in [0.5, 0.6) is 0 Å². The average molecular weight is 374 g/mol. The number of para-hydroxylation sites is 1. The lowest BCUT2D eigenvalue weighted by molar-refractivity contribution is 0.0630. The van der Waals surface area contributed by atoms with Crippen LogP contribution < -0.4 is 0 Å². The van der Waals surface area contributed by atoms with Crippen LogP contribution in [0.2, 0.25) is 0 Å². The van der Waals surface area contributed by atoms with E-state index in [9.17, 15) is 4.79 Å². The highest BCUT2D eigenvalue weighted by atomic mass is 16.2. The van der Waals surface area contributed by atoms with Gasteiger partial charge in [-0.05, 0) is 29.2 Å². The minimum absolute atomic E-state index is 0.0882. The first-order chi connectivity index (χ1) is 13.6. The molecular formula is C24H27N3O. The number of hydrogen-bond donors (Lipinski definition) is 0. The molecule has 1 fully saturated rings. The Balaban J connectivity index is 1.39. The lowest BCUT2D eigenvalue weighted by Crippen LogP contribution is -2.48. The maximum Gasteiger partial charge on any atom is 0.256 e. The number of benzene rings is 2. The zero-order valence-electron chi connectivity index (χ0n) is 16.6. The van der Waals surface area contributed by atoms with E-state index >= 15 is 0 Å². The number of fused-ring (bicyclic) bond motifs is 1. The minimum atomic E-state index is 0.0882. The van der Waals surface area contributed by atoms with Crippen molar-refractivity contribution in [3.8, 4) is 0 Å². The van der Waals surface area contributed by atoms with Crippen molar-refractivity contribution in [1.29, 1.82) is 0 Å². The molecule has 144 valence electrons. The molecule has 0 aliphatic carbocycles. The van der Waals surface area contributed by atoms with Gasteiger partial charge in [0.25, 0.3) is 5.91 Å². The summed E-state index contributed by atoms with van der Waals surface area (Å²) in [6, 6.07) is 18.7. The number of piperazine rings is 1. The minimum Gasteiger partial charge on any atom is -0.336 e. The summed E-state index contributed by atoms with van der Waals surface area (Å²) in [6.07, 6.45) is 1.75. The molecule has 1 aliphatic rings. The van der Waals surface area contributed by atoms with Crippen molar-refractivity contribution in [3.05, 3.63) is 77.5 Å². The maximum absolute atomic E-state index is 13.0. The van der Waals surface area contributed by atoms with Crippen molar-refractivity contribution < 1.29 is 4.79 Å². The average Bonchev–Trinajstić information content (AvgIpc) is 2.74. The first-order valence-electron chi connectivity index (χ1n) is 10.1. The van der Waals surface area contributed by atoms with E-state index in [4.69, 9.17) is 0 Å². The number of pyridine rings is 1. The number of rotatable bonds is 4.